The minimum atomic E-state index is -0.586. The monoisotopic (exact) mass is 262 g/mol. The van der Waals surface area contributed by atoms with Crippen molar-refractivity contribution in [1.29, 1.82) is 0 Å². The Kier molecular flexibility index (Phi) is 3.50. The molecule has 0 fully saturated rings. The first kappa shape index (κ1) is 13.1. The molecule has 0 amide bonds. The van der Waals surface area contributed by atoms with Crippen molar-refractivity contribution < 1.29 is 9.13 Å². The van der Waals surface area contributed by atoms with E-state index in [1.54, 1.807) is 19.1 Å². The molecule has 100 valence electrons. The van der Waals surface area contributed by atoms with E-state index < -0.39 is 5.82 Å². The molecule has 0 bridgehead atoms. The second kappa shape index (κ2) is 5.09. The Hall–Kier alpha value is -2.37. The standard InChI is InChI=1S/C13H15FN4O/c1-8-12(14)13(17-7-16-8)19-11-6-9(18(2)3)4-5-10(11)15/h4-7H,15H2,1-3H3. The Balaban J connectivity index is 2.37. The van der Waals surface area contributed by atoms with E-state index in [1.807, 2.05) is 25.1 Å². The normalized spacial score (nSPS) is 10.3. The third-order valence-electron chi connectivity index (χ3n) is 2.65. The molecule has 2 N–H and O–H groups in total. The fourth-order valence-corrected chi connectivity index (χ4v) is 1.50. The van der Waals surface area contributed by atoms with Crippen molar-refractivity contribution >= 4 is 11.4 Å². The largest absolute Gasteiger partial charge is 0.434 e. The number of halogens is 1. The van der Waals surface area contributed by atoms with Gasteiger partial charge in [-0.05, 0) is 19.1 Å². The highest BCUT2D eigenvalue weighted by atomic mass is 19.1. The van der Waals surface area contributed by atoms with Gasteiger partial charge in [0.25, 0.3) is 5.88 Å². The van der Waals surface area contributed by atoms with Gasteiger partial charge in [-0.2, -0.15) is 9.37 Å². The number of nitrogens with two attached hydrogens (primary N) is 1. The van der Waals surface area contributed by atoms with Gasteiger partial charge in [0.05, 0.1) is 11.4 Å². The molecule has 0 spiro atoms. The van der Waals surface area contributed by atoms with Crippen LogP contribution >= 0.6 is 0 Å². The number of rotatable bonds is 3. The molecule has 1 aromatic heterocycles. The van der Waals surface area contributed by atoms with Gasteiger partial charge in [-0.1, -0.05) is 0 Å². The molecule has 1 heterocycles. The summed E-state index contributed by atoms with van der Waals surface area (Å²) in [5.74, 6) is -0.351. The van der Waals surface area contributed by atoms with Crippen LogP contribution in [0.4, 0.5) is 15.8 Å². The van der Waals surface area contributed by atoms with Crippen LogP contribution in [-0.2, 0) is 0 Å². The Morgan fingerprint density at radius 2 is 2.00 bits per heavy atom. The molecule has 0 aliphatic carbocycles. The van der Waals surface area contributed by atoms with Crippen molar-refractivity contribution in [2.24, 2.45) is 0 Å². The minimum absolute atomic E-state index is 0.130. The van der Waals surface area contributed by atoms with Crippen LogP contribution in [-0.4, -0.2) is 24.1 Å². The first-order valence-corrected chi connectivity index (χ1v) is 5.71. The van der Waals surface area contributed by atoms with E-state index in [2.05, 4.69) is 9.97 Å². The highest BCUT2D eigenvalue weighted by Crippen LogP contribution is 2.31. The lowest BCUT2D eigenvalue weighted by Crippen LogP contribution is -2.09. The van der Waals surface area contributed by atoms with E-state index in [9.17, 15) is 4.39 Å². The van der Waals surface area contributed by atoms with Crippen LogP contribution < -0.4 is 15.4 Å². The Morgan fingerprint density at radius 3 is 2.68 bits per heavy atom. The maximum absolute atomic E-state index is 13.8. The molecule has 0 saturated carbocycles. The summed E-state index contributed by atoms with van der Waals surface area (Å²) in [6.45, 7) is 1.55. The third-order valence-corrected chi connectivity index (χ3v) is 2.65. The number of hydrogen-bond acceptors (Lipinski definition) is 5. The van der Waals surface area contributed by atoms with Crippen LogP contribution in [0.15, 0.2) is 24.5 Å². The van der Waals surface area contributed by atoms with Gasteiger partial charge in [0.15, 0.2) is 5.75 Å². The molecule has 6 heteroatoms. The van der Waals surface area contributed by atoms with Crippen LogP contribution in [0.5, 0.6) is 11.6 Å². The van der Waals surface area contributed by atoms with Gasteiger partial charge >= 0.3 is 0 Å². The third kappa shape index (κ3) is 2.73. The summed E-state index contributed by atoms with van der Waals surface area (Å²) in [6.07, 6.45) is 1.25. The molecule has 0 unspecified atom stereocenters. The van der Waals surface area contributed by atoms with Gasteiger partial charge in [-0.25, -0.2) is 4.98 Å². The number of hydrogen-bond donors (Lipinski definition) is 1. The summed E-state index contributed by atoms with van der Waals surface area (Å²) < 4.78 is 19.2. The maximum Gasteiger partial charge on any atom is 0.259 e. The lowest BCUT2D eigenvalue weighted by Gasteiger charge is -2.15. The average Bonchev–Trinajstić information content (AvgIpc) is 2.37. The van der Waals surface area contributed by atoms with E-state index in [-0.39, 0.29) is 11.6 Å². The van der Waals surface area contributed by atoms with Crippen molar-refractivity contribution in [3.8, 4) is 11.6 Å². The SMILES string of the molecule is Cc1ncnc(Oc2cc(N(C)C)ccc2N)c1F. The highest BCUT2D eigenvalue weighted by Gasteiger charge is 2.12. The topological polar surface area (TPSA) is 64.3 Å². The summed E-state index contributed by atoms with van der Waals surface area (Å²) in [4.78, 5) is 9.41. The number of nitrogen functional groups attached to an aromatic ring is 1. The minimum Gasteiger partial charge on any atom is -0.434 e. The number of aromatic nitrogens is 2. The van der Waals surface area contributed by atoms with Crippen molar-refractivity contribution in [3.05, 3.63) is 36.0 Å². The van der Waals surface area contributed by atoms with E-state index in [0.29, 0.717) is 11.4 Å². The number of anilines is 2. The van der Waals surface area contributed by atoms with E-state index in [4.69, 9.17) is 10.5 Å². The molecule has 0 aliphatic rings. The zero-order valence-electron chi connectivity index (χ0n) is 11.0. The Morgan fingerprint density at radius 1 is 1.26 bits per heavy atom. The lowest BCUT2D eigenvalue weighted by atomic mass is 10.2. The molecule has 0 radical (unpaired) electrons. The van der Waals surface area contributed by atoms with Gasteiger partial charge in [0, 0.05) is 25.8 Å². The van der Waals surface area contributed by atoms with Crippen LogP contribution in [0, 0.1) is 12.7 Å². The predicted octanol–water partition coefficient (Wildman–Crippen LogP) is 2.36. The first-order chi connectivity index (χ1) is 8.99. The quantitative estimate of drug-likeness (QED) is 0.860. The van der Waals surface area contributed by atoms with Crippen molar-refractivity contribution in [2.75, 3.05) is 24.7 Å². The molecular weight excluding hydrogens is 247 g/mol. The maximum atomic E-state index is 13.8. The molecule has 0 aliphatic heterocycles. The van der Waals surface area contributed by atoms with Gasteiger partial charge in [0.1, 0.15) is 6.33 Å². The van der Waals surface area contributed by atoms with Crippen LogP contribution in [0.25, 0.3) is 0 Å². The summed E-state index contributed by atoms with van der Waals surface area (Å²) in [6, 6.07) is 5.28. The average molecular weight is 262 g/mol. The molecule has 1 aromatic carbocycles. The molecule has 0 atom stereocenters. The zero-order chi connectivity index (χ0) is 14.0. The van der Waals surface area contributed by atoms with Crippen LogP contribution in [0.2, 0.25) is 0 Å². The molecule has 19 heavy (non-hydrogen) atoms. The van der Waals surface area contributed by atoms with Crippen molar-refractivity contribution in [1.82, 2.24) is 9.97 Å². The van der Waals surface area contributed by atoms with Gasteiger partial charge in [-0.3, -0.25) is 0 Å². The highest BCUT2D eigenvalue weighted by molar-refractivity contribution is 5.62. The molecular formula is C13H15FN4O. The Bertz CT molecular complexity index is 601. The fraction of sp³-hybridized carbons (Fsp3) is 0.231. The van der Waals surface area contributed by atoms with Gasteiger partial charge < -0.3 is 15.4 Å². The number of aryl methyl sites for hydroxylation is 1. The Labute approximate surface area is 110 Å². The van der Waals surface area contributed by atoms with Gasteiger partial charge in [0.2, 0.25) is 5.82 Å². The molecule has 2 rings (SSSR count). The first-order valence-electron chi connectivity index (χ1n) is 5.71. The number of benzene rings is 1. The second-order valence-electron chi connectivity index (χ2n) is 4.30. The van der Waals surface area contributed by atoms with Crippen molar-refractivity contribution in [3.63, 3.8) is 0 Å². The summed E-state index contributed by atoms with van der Waals surface area (Å²) in [5.41, 5.74) is 7.36. The summed E-state index contributed by atoms with van der Waals surface area (Å²) >= 11 is 0. The smallest absolute Gasteiger partial charge is 0.259 e. The molecule has 2 aromatic rings. The van der Waals surface area contributed by atoms with Crippen LogP contribution in [0.1, 0.15) is 5.69 Å². The number of ether oxygens (including phenoxy) is 1. The van der Waals surface area contributed by atoms with Crippen molar-refractivity contribution in [2.45, 2.75) is 6.92 Å². The fourth-order valence-electron chi connectivity index (χ4n) is 1.50. The molecule has 0 saturated heterocycles. The molecule has 5 nitrogen and oxygen atoms in total. The van der Waals surface area contributed by atoms with Crippen LogP contribution in [0.3, 0.4) is 0 Å². The van der Waals surface area contributed by atoms with E-state index >= 15 is 0 Å². The zero-order valence-corrected chi connectivity index (χ0v) is 11.0. The second-order valence-corrected chi connectivity index (χ2v) is 4.30. The summed E-state index contributed by atoms with van der Waals surface area (Å²) in [7, 11) is 3.79. The van der Waals surface area contributed by atoms with E-state index in [1.165, 1.54) is 6.33 Å². The van der Waals surface area contributed by atoms with Gasteiger partial charge in [-0.15, -0.1) is 0 Å². The van der Waals surface area contributed by atoms with E-state index in [0.717, 1.165) is 5.69 Å². The lowest BCUT2D eigenvalue weighted by molar-refractivity contribution is 0.418. The predicted molar refractivity (Wildman–Crippen MR) is 72.0 cm³/mol. The number of nitrogens with zero attached hydrogens (tertiary/aromatic N) is 3. The summed E-state index contributed by atoms with van der Waals surface area (Å²) in [5, 5.41) is 0.